The van der Waals surface area contributed by atoms with Crippen molar-refractivity contribution in [2.75, 3.05) is 0 Å². The minimum absolute atomic E-state index is 0.171. The van der Waals surface area contributed by atoms with Crippen molar-refractivity contribution in [2.24, 2.45) is 0 Å². The smallest absolute Gasteiger partial charge is 0.275 e. The summed E-state index contributed by atoms with van der Waals surface area (Å²) >= 11 is 0. The van der Waals surface area contributed by atoms with Crippen molar-refractivity contribution >= 4 is 0 Å². The Hall–Kier alpha value is -2.28. The van der Waals surface area contributed by atoms with E-state index in [9.17, 15) is 4.79 Å². The van der Waals surface area contributed by atoms with Crippen LogP contribution < -0.4 is 5.56 Å². The monoisotopic (exact) mass is 227 g/mol. The van der Waals surface area contributed by atoms with E-state index in [1.807, 2.05) is 38.1 Å². The quantitative estimate of drug-likeness (QED) is 0.809. The lowest BCUT2D eigenvalue weighted by molar-refractivity contribution is 0.835. The molecule has 0 amide bonds. The van der Waals surface area contributed by atoms with Gasteiger partial charge in [0.05, 0.1) is 11.3 Å². The largest absolute Gasteiger partial charge is 0.280 e. The number of aromatic nitrogens is 2. The van der Waals surface area contributed by atoms with Gasteiger partial charge in [0, 0.05) is 0 Å². The third-order valence-corrected chi connectivity index (χ3v) is 2.84. The van der Waals surface area contributed by atoms with Crippen LogP contribution >= 0.6 is 0 Å². The van der Waals surface area contributed by atoms with E-state index in [0.29, 0.717) is 11.3 Å². The molecule has 0 unspecified atom stereocenters. The Labute approximate surface area is 99.1 Å². The summed E-state index contributed by atoms with van der Waals surface area (Å²) in [6, 6.07) is 7.86. The second-order valence-electron chi connectivity index (χ2n) is 4.15. The molecule has 17 heavy (non-hydrogen) atoms. The van der Waals surface area contributed by atoms with E-state index in [1.54, 1.807) is 6.92 Å². The highest BCUT2D eigenvalue weighted by Crippen LogP contribution is 2.14. The summed E-state index contributed by atoms with van der Waals surface area (Å²) < 4.78 is 1.43. The summed E-state index contributed by atoms with van der Waals surface area (Å²) in [5.41, 5.74) is 3.45. The third kappa shape index (κ3) is 1.76. The minimum atomic E-state index is -0.171. The van der Waals surface area contributed by atoms with Crippen LogP contribution in [0.3, 0.4) is 0 Å². The number of benzene rings is 1. The molecular weight excluding hydrogens is 214 g/mol. The molecule has 4 nitrogen and oxygen atoms in total. The van der Waals surface area contributed by atoms with E-state index in [2.05, 4.69) is 5.10 Å². The van der Waals surface area contributed by atoms with Crippen LogP contribution in [0.1, 0.15) is 22.4 Å². The molecule has 1 aromatic heterocycles. The van der Waals surface area contributed by atoms with Crippen molar-refractivity contribution < 1.29 is 0 Å². The number of aromatic amines is 1. The summed E-state index contributed by atoms with van der Waals surface area (Å²) in [5, 5.41) is 11.7. The average Bonchev–Trinajstić information content (AvgIpc) is 2.59. The van der Waals surface area contributed by atoms with Crippen LogP contribution in [0.25, 0.3) is 5.69 Å². The first-order valence-electron chi connectivity index (χ1n) is 5.34. The van der Waals surface area contributed by atoms with Crippen LogP contribution in [0.5, 0.6) is 0 Å². The van der Waals surface area contributed by atoms with Gasteiger partial charge in [-0.3, -0.25) is 9.89 Å². The normalized spacial score (nSPS) is 10.2. The number of nitrogens with one attached hydrogen (secondary N) is 1. The van der Waals surface area contributed by atoms with Gasteiger partial charge in [0.25, 0.3) is 5.56 Å². The predicted molar refractivity (Wildman–Crippen MR) is 65.3 cm³/mol. The highest BCUT2D eigenvalue weighted by atomic mass is 16.1. The topological polar surface area (TPSA) is 61.6 Å². The van der Waals surface area contributed by atoms with Gasteiger partial charge in [0.2, 0.25) is 0 Å². The van der Waals surface area contributed by atoms with Gasteiger partial charge in [-0.15, -0.1) is 0 Å². The van der Waals surface area contributed by atoms with E-state index in [0.717, 1.165) is 16.8 Å². The Morgan fingerprint density at radius 1 is 1.29 bits per heavy atom. The molecule has 1 aromatic carbocycles. The first kappa shape index (κ1) is 11.2. The summed E-state index contributed by atoms with van der Waals surface area (Å²) in [7, 11) is 0. The Morgan fingerprint density at radius 2 is 2.00 bits per heavy atom. The van der Waals surface area contributed by atoms with Gasteiger partial charge >= 0.3 is 0 Å². The van der Waals surface area contributed by atoms with Gasteiger partial charge in [0.15, 0.2) is 0 Å². The fraction of sp³-hybridized carbons (Fsp3) is 0.231. The zero-order chi connectivity index (χ0) is 12.6. The van der Waals surface area contributed by atoms with Gasteiger partial charge < -0.3 is 0 Å². The van der Waals surface area contributed by atoms with E-state index in [-0.39, 0.29) is 5.56 Å². The first-order valence-corrected chi connectivity index (χ1v) is 5.34. The van der Waals surface area contributed by atoms with E-state index in [4.69, 9.17) is 5.26 Å². The second-order valence-corrected chi connectivity index (χ2v) is 4.15. The van der Waals surface area contributed by atoms with E-state index in [1.165, 1.54) is 4.68 Å². The average molecular weight is 227 g/mol. The van der Waals surface area contributed by atoms with Gasteiger partial charge in [0.1, 0.15) is 11.8 Å². The number of aryl methyl sites for hydroxylation is 2. The maximum atomic E-state index is 12.0. The van der Waals surface area contributed by atoms with Crippen LogP contribution in [-0.4, -0.2) is 9.78 Å². The summed E-state index contributed by atoms with van der Waals surface area (Å²) in [6.45, 7) is 5.55. The van der Waals surface area contributed by atoms with Crippen molar-refractivity contribution in [1.29, 1.82) is 5.26 Å². The molecule has 0 saturated heterocycles. The van der Waals surface area contributed by atoms with Crippen LogP contribution in [0.2, 0.25) is 0 Å². The molecule has 0 fully saturated rings. The third-order valence-electron chi connectivity index (χ3n) is 2.84. The first-order chi connectivity index (χ1) is 8.04. The van der Waals surface area contributed by atoms with Gasteiger partial charge in [-0.1, -0.05) is 12.1 Å². The van der Waals surface area contributed by atoms with Crippen molar-refractivity contribution in [1.82, 2.24) is 9.78 Å². The lowest BCUT2D eigenvalue weighted by atomic mass is 10.1. The number of H-pyrrole nitrogens is 1. The number of nitriles is 1. The van der Waals surface area contributed by atoms with Gasteiger partial charge in [-0.25, -0.2) is 4.68 Å². The Balaban J connectivity index is 2.74. The lowest BCUT2D eigenvalue weighted by Crippen LogP contribution is -2.16. The Morgan fingerprint density at radius 3 is 2.59 bits per heavy atom. The molecule has 2 rings (SSSR count). The van der Waals surface area contributed by atoms with Gasteiger partial charge in [-0.2, -0.15) is 5.26 Å². The summed E-state index contributed by atoms with van der Waals surface area (Å²) in [5.74, 6) is 0. The highest BCUT2D eigenvalue weighted by molar-refractivity contribution is 5.44. The van der Waals surface area contributed by atoms with E-state index >= 15 is 0 Å². The van der Waals surface area contributed by atoms with E-state index < -0.39 is 0 Å². The molecule has 0 aliphatic carbocycles. The molecule has 0 bridgehead atoms. The number of hydrogen-bond acceptors (Lipinski definition) is 2. The van der Waals surface area contributed by atoms with Crippen molar-refractivity contribution in [3.8, 4) is 11.8 Å². The summed E-state index contributed by atoms with van der Waals surface area (Å²) in [6.07, 6.45) is 0. The van der Waals surface area contributed by atoms with Gasteiger partial charge in [-0.05, 0) is 38.0 Å². The highest BCUT2D eigenvalue weighted by Gasteiger charge is 2.12. The molecule has 0 atom stereocenters. The number of rotatable bonds is 1. The molecule has 1 N–H and O–H groups in total. The molecule has 2 aromatic rings. The SMILES string of the molecule is Cc1ccc(C)c(-n2[nH]c(C#N)c(C)c2=O)c1. The molecular formula is C13H13N3O. The Kier molecular flexibility index (Phi) is 2.60. The fourth-order valence-electron chi connectivity index (χ4n) is 1.76. The number of nitrogens with zero attached hydrogens (tertiary/aromatic N) is 2. The van der Waals surface area contributed by atoms with Crippen LogP contribution in [0.15, 0.2) is 23.0 Å². The Bertz CT molecular complexity index is 671. The molecule has 4 heteroatoms. The molecule has 0 radical (unpaired) electrons. The van der Waals surface area contributed by atoms with Crippen molar-refractivity contribution in [3.63, 3.8) is 0 Å². The van der Waals surface area contributed by atoms with Crippen LogP contribution in [0, 0.1) is 32.1 Å². The second kappa shape index (κ2) is 3.95. The molecule has 0 aliphatic heterocycles. The minimum Gasteiger partial charge on any atom is -0.280 e. The zero-order valence-electron chi connectivity index (χ0n) is 10.0. The lowest BCUT2D eigenvalue weighted by Gasteiger charge is -2.06. The molecule has 1 heterocycles. The number of hydrogen-bond donors (Lipinski definition) is 1. The molecule has 0 saturated carbocycles. The van der Waals surface area contributed by atoms with Crippen LogP contribution in [0.4, 0.5) is 0 Å². The molecule has 86 valence electrons. The fourth-order valence-corrected chi connectivity index (χ4v) is 1.76. The maximum absolute atomic E-state index is 12.0. The standard InChI is InChI=1S/C13H13N3O/c1-8-4-5-9(2)12(6-8)16-13(17)10(3)11(7-14)15-16/h4-6,15H,1-3H3. The van der Waals surface area contributed by atoms with Crippen molar-refractivity contribution in [2.45, 2.75) is 20.8 Å². The predicted octanol–water partition coefficient (Wildman–Crippen LogP) is 1.96. The van der Waals surface area contributed by atoms with Crippen LogP contribution in [-0.2, 0) is 0 Å². The maximum Gasteiger partial charge on any atom is 0.275 e. The molecule has 0 aliphatic rings. The zero-order valence-corrected chi connectivity index (χ0v) is 10.0. The van der Waals surface area contributed by atoms with Crippen molar-refractivity contribution in [3.05, 3.63) is 50.9 Å². The molecule has 0 spiro atoms. The summed E-state index contributed by atoms with van der Waals surface area (Å²) in [4.78, 5) is 12.0.